The number of hydrogen-bond acceptors (Lipinski definition) is 5. The number of hydrogen-bond donors (Lipinski definition) is 1. The highest BCUT2D eigenvalue weighted by Gasteiger charge is 2.24. The molecule has 0 radical (unpaired) electrons. The van der Waals surface area contributed by atoms with Gasteiger partial charge in [-0.15, -0.1) is 9.90 Å². The van der Waals surface area contributed by atoms with Crippen LogP contribution in [0.1, 0.15) is 95.5 Å². The molecule has 1 heterocycles. The standard InChI is InChI=1S/C32H44ClN3O3/c1-6-8-13-23(7-2)22-39-29(37)19-18-25-20-26(32(3,4)5)30(38)28(21-25)36-34-27(31(33)35-36)17-12-16-24-14-10-9-11-15-24/h9-11,14-15,20-21,23,38H,6-8,12-13,16-19,22H2,1-5H3. The van der Waals surface area contributed by atoms with E-state index in [1.165, 1.54) is 10.4 Å². The zero-order chi connectivity index (χ0) is 28.4. The smallest absolute Gasteiger partial charge is 0.306 e. The van der Waals surface area contributed by atoms with Crippen LogP contribution in [-0.2, 0) is 34.2 Å². The Labute approximate surface area is 238 Å². The Hall–Kier alpha value is -2.86. The second kappa shape index (κ2) is 14.5. The molecule has 39 heavy (non-hydrogen) atoms. The van der Waals surface area contributed by atoms with Crippen LogP contribution < -0.4 is 0 Å². The maximum atomic E-state index is 12.5. The number of unbranched alkanes of at least 4 members (excludes halogenated alkanes) is 1. The van der Waals surface area contributed by atoms with Crippen molar-refractivity contribution in [3.63, 3.8) is 0 Å². The molecule has 212 valence electrons. The summed E-state index contributed by atoms with van der Waals surface area (Å²) in [5, 5.41) is 20.6. The number of nitrogens with zero attached hydrogens (tertiary/aromatic N) is 3. The van der Waals surface area contributed by atoms with E-state index in [1.54, 1.807) is 0 Å². The van der Waals surface area contributed by atoms with E-state index in [9.17, 15) is 9.90 Å². The highest BCUT2D eigenvalue weighted by Crippen LogP contribution is 2.36. The van der Waals surface area contributed by atoms with Gasteiger partial charge in [0, 0.05) is 12.0 Å². The molecule has 2 aromatic carbocycles. The lowest BCUT2D eigenvalue weighted by molar-refractivity contribution is -0.145. The molecule has 1 atom stereocenters. The van der Waals surface area contributed by atoms with Gasteiger partial charge in [-0.2, -0.15) is 5.10 Å². The number of halogens is 1. The van der Waals surface area contributed by atoms with E-state index in [-0.39, 0.29) is 23.6 Å². The van der Waals surface area contributed by atoms with Crippen molar-refractivity contribution in [2.24, 2.45) is 5.92 Å². The summed E-state index contributed by atoms with van der Waals surface area (Å²) in [6.45, 7) is 10.9. The topological polar surface area (TPSA) is 77.2 Å². The Morgan fingerprint density at radius 1 is 1.03 bits per heavy atom. The zero-order valence-electron chi connectivity index (χ0n) is 24.2. The third-order valence-corrected chi connectivity index (χ3v) is 7.47. The predicted molar refractivity (Wildman–Crippen MR) is 158 cm³/mol. The molecule has 1 unspecified atom stereocenters. The summed E-state index contributed by atoms with van der Waals surface area (Å²) in [6, 6.07) is 14.1. The van der Waals surface area contributed by atoms with Crippen molar-refractivity contribution in [3.8, 4) is 11.4 Å². The first-order valence-corrected chi connectivity index (χ1v) is 14.7. The Kier molecular flexibility index (Phi) is 11.4. The van der Waals surface area contributed by atoms with Crippen LogP contribution in [0.5, 0.6) is 5.75 Å². The van der Waals surface area contributed by atoms with Crippen molar-refractivity contribution < 1.29 is 14.6 Å². The third kappa shape index (κ3) is 9.10. The van der Waals surface area contributed by atoms with Gasteiger partial charge in [-0.1, -0.05) is 102 Å². The van der Waals surface area contributed by atoms with Gasteiger partial charge in [0.15, 0.2) is 5.15 Å². The minimum atomic E-state index is -0.321. The first kappa shape index (κ1) is 30.7. The number of aryl methyl sites for hydroxylation is 3. The van der Waals surface area contributed by atoms with Crippen molar-refractivity contribution in [1.82, 2.24) is 15.0 Å². The van der Waals surface area contributed by atoms with Gasteiger partial charge in [0.05, 0.1) is 6.61 Å². The molecule has 0 aliphatic rings. The summed E-state index contributed by atoms with van der Waals surface area (Å²) in [7, 11) is 0. The highest BCUT2D eigenvalue weighted by atomic mass is 35.5. The van der Waals surface area contributed by atoms with Gasteiger partial charge in [0.2, 0.25) is 0 Å². The molecule has 1 N–H and O–H groups in total. The quantitative estimate of drug-likeness (QED) is 0.206. The van der Waals surface area contributed by atoms with Crippen LogP contribution in [0.4, 0.5) is 0 Å². The fourth-order valence-electron chi connectivity index (χ4n) is 4.66. The number of carbonyl (C=O) groups excluding carboxylic acids is 1. The summed E-state index contributed by atoms with van der Waals surface area (Å²) in [5.41, 5.74) is 3.80. The predicted octanol–water partition coefficient (Wildman–Crippen LogP) is 7.79. The van der Waals surface area contributed by atoms with Crippen molar-refractivity contribution in [1.29, 1.82) is 0 Å². The van der Waals surface area contributed by atoms with Crippen molar-refractivity contribution >= 4 is 17.6 Å². The molecule has 0 fully saturated rings. The summed E-state index contributed by atoms with van der Waals surface area (Å²) < 4.78 is 5.60. The van der Waals surface area contributed by atoms with Crippen LogP contribution in [0.3, 0.4) is 0 Å². The first-order chi connectivity index (χ1) is 18.6. The fraction of sp³-hybridized carbons (Fsp3) is 0.531. The first-order valence-electron chi connectivity index (χ1n) is 14.3. The fourth-order valence-corrected chi connectivity index (χ4v) is 4.86. The van der Waals surface area contributed by atoms with Crippen molar-refractivity contribution in [2.45, 2.75) is 97.8 Å². The average Bonchev–Trinajstić information content (AvgIpc) is 3.28. The van der Waals surface area contributed by atoms with Crippen LogP contribution in [0.2, 0.25) is 5.15 Å². The monoisotopic (exact) mass is 553 g/mol. The molecular weight excluding hydrogens is 510 g/mol. The number of phenolic OH excluding ortho intramolecular Hbond substituents is 1. The summed E-state index contributed by atoms with van der Waals surface area (Å²) in [5.74, 6) is 0.343. The van der Waals surface area contributed by atoms with Crippen molar-refractivity contribution in [2.75, 3.05) is 6.61 Å². The van der Waals surface area contributed by atoms with Crippen LogP contribution >= 0.6 is 11.6 Å². The molecule has 0 bridgehead atoms. The summed E-state index contributed by atoms with van der Waals surface area (Å²) in [6.07, 6.45) is 7.67. The summed E-state index contributed by atoms with van der Waals surface area (Å²) in [4.78, 5) is 14.0. The number of carbonyl (C=O) groups is 1. The lowest BCUT2D eigenvalue weighted by atomic mass is 9.84. The molecule has 7 heteroatoms. The SMILES string of the molecule is CCCCC(CC)COC(=O)CCc1cc(-n2nc(Cl)c(CCCc3ccccc3)n2)c(O)c(C(C)(C)C)c1. The zero-order valence-corrected chi connectivity index (χ0v) is 24.9. The Balaban J connectivity index is 1.73. The Bertz CT molecular complexity index is 1200. The largest absolute Gasteiger partial charge is 0.505 e. The van der Waals surface area contributed by atoms with Gasteiger partial charge >= 0.3 is 5.97 Å². The van der Waals surface area contributed by atoms with Gasteiger partial charge in [-0.25, -0.2) is 0 Å². The van der Waals surface area contributed by atoms with Crippen LogP contribution in [-0.4, -0.2) is 32.7 Å². The molecule has 0 spiro atoms. The normalized spacial score (nSPS) is 12.5. The van der Waals surface area contributed by atoms with E-state index in [0.717, 1.165) is 49.7 Å². The number of aromatic hydroxyl groups is 1. The van der Waals surface area contributed by atoms with E-state index in [4.69, 9.17) is 16.3 Å². The number of phenols is 1. The van der Waals surface area contributed by atoms with Gasteiger partial charge in [-0.05, 0) is 60.6 Å². The molecule has 0 amide bonds. The van der Waals surface area contributed by atoms with E-state index in [0.29, 0.717) is 41.9 Å². The molecule has 6 nitrogen and oxygen atoms in total. The number of aromatic nitrogens is 3. The molecule has 3 rings (SSSR count). The van der Waals surface area contributed by atoms with Crippen molar-refractivity contribution in [3.05, 3.63) is 70.0 Å². The van der Waals surface area contributed by atoms with E-state index in [1.807, 2.05) is 51.1 Å². The lowest BCUT2D eigenvalue weighted by Crippen LogP contribution is -2.16. The molecule has 0 saturated heterocycles. The second-order valence-corrected chi connectivity index (χ2v) is 11.8. The Morgan fingerprint density at radius 3 is 2.44 bits per heavy atom. The minimum absolute atomic E-state index is 0.123. The molecule has 1 aromatic heterocycles. The number of ether oxygens (including phenoxy) is 1. The molecular formula is C32H44ClN3O3. The number of esters is 1. The summed E-state index contributed by atoms with van der Waals surface area (Å²) >= 11 is 6.47. The maximum Gasteiger partial charge on any atom is 0.306 e. The molecule has 3 aromatic rings. The second-order valence-electron chi connectivity index (χ2n) is 11.4. The molecule has 0 saturated carbocycles. The average molecular weight is 554 g/mol. The molecule has 0 aliphatic carbocycles. The van der Waals surface area contributed by atoms with E-state index < -0.39 is 0 Å². The lowest BCUT2D eigenvalue weighted by Gasteiger charge is -2.23. The van der Waals surface area contributed by atoms with E-state index >= 15 is 0 Å². The van der Waals surface area contributed by atoms with Gasteiger partial charge in [-0.3, -0.25) is 4.79 Å². The van der Waals surface area contributed by atoms with Gasteiger partial charge in [0.1, 0.15) is 17.1 Å². The number of benzene rings is 2. The molecule has 0 aliphatic heterocycles. The van der Waals surface area contributed by atoms with Gasteiger partial charge < -0.3 is 9.84 Å². The third-order valence-electron chi connectivity index (χ3n) is 7.17. The van der Waals surface area contributed by atoms with E-state index in [2.05, 4.69) is 36.2 Å². The Morgan fingerprint density at radius 2 is 1.77 bits per heavy atom. The highest BCUT2D eigenvalue weighted by molar-refractivity contribution is 6.30. The van der Waals surface area contributed by atoms with Crippen LogP contribution in [0.15, 0.2) is 42.5 Å². The number of rotatable bonds is 14. The van der Waals surface area contributed by atoms with Crippen LogP contribution in [0, 0.1) is 5.92 Å². The minimum Gasteiger partial charge on any atom is -0.505 e. The van der Waals surface area contributed by atoms with Crippen LogP contribution in [0.25, 0.3) is 5.69 Å². The van der Waals surface area contributed by atoms with Gasteiger partial charge in [0.25, 0.3) is 0 Å². The maximum absolute atomic E-state index is 12.5.